The standard InChI is InChI=1S/C25H22O3/c1-26-23-12-8-7-11-20(23)21-16-24(27-2)25(28-3)22-15-18(13-14-19(21)22)17-9-5-4-6-10-17/h4-16H,1-3H3. The van der Waals surface area contributed by atoms with Crippen molar-refractivity contribution >= 4 is 10.8 Å². The summed E-state index contributed by atoms with van der Waals surface area (Å²) in [5, 5.41) is 2.09. The lowest BCUT2D eigenvalue weighted by atomic mass is 9.93. The number of benzene rings is 4. The Morgan fingerprint density at radius 3 is 1.93 bits per heavy atom. The Balaban J connectivity index is 2.04. The Hall–Kier alpha value is -3.46. The van der Waals surface area contributed by atoms with Crippen molar-refractivity contribution in [1.82, 2.24) is 0 Å². The molecule has 4 rings (SSSR count). The lowest BCUT2D eigenvalue weighted by Gasteiger charge is -2.17. The van der Waals surface area contributed by atoms with E-state index in [-0.39, 0.29) is 0 Å². The maximum absolute atomic E-state index is 5.73. The lowest BCUT2D eigenvalue weighted by Crippen LogP contribution is -1.95. The van der Waals surface area contributed by atoms with Crippen LogP contribution in [0.2, 0.25) is 0 Å². The van der Waals surface area contributed by atoms with Crippen molar-refractivity contribution in [1.29, 1.82) is 0 Å². The van der Waals surface area contributed by atoms with Gasteiger partial charge in [0.05, 0.1) is 21.3 Å². The van der Waals surface area contributed by atoms with Crippen LogP contribution in [0.5, 0.6) is 17.2 Å². The van der Waals surface area contributed by atoms with Gasteiger partial charge in [-0.2, -0.15) is 0 Å². The van der Waals surface area contributed by atoms with E-state index in [0.29, 0.717) is 5.75 Å². The fourth-order valence-electron chi connectivity index (χ4n) is 3.64. The van der Waals surface area contributed by atoms with Crippen molar-refractivity contribution < 1.29 is 14.2 Å². The van der Waals surface area contributed by atoms with E-state index < -0.39 is 0 Å². The van der Waals surface area contributed by atoms with E-state index in [0.717, 1.165) is 44.5 Å². The zero-order chi connectivity index (χ0) is 19.5. The second-order valence-electron chi connectivity index (χ2n) is 6.49. The van der Waals surface area contributed by atoms with Crippen molar-refractivity contribution in [3.8, 4) is 39.5 Å². The number of ether oxygens (including phenoxy) is 3. The van der Waals surface area contributed by atoms with Crippen molar-refractivity contribution in [2.75, 3.05) is 21.3 Å². The maximum atomic E-state index is 5.73. The fourth-order valence-corrected chi connectivity index (χ4v) is 3.64. The van der Waals surface area contributed by atoms with E-state index in [9.17, 15) is 0 Å². The molecule has 0 atom stereocenters. The molecular formula is C25H22O3. The highest BCUT2D eigenvalue weighted by Crippen LogP contribution is 2.45. The van der Waals surface area contributed by atoms with Gasteiger partial charge in [-0.25, -0.2) is 0 Å². The molecule has 3 heteroatoms. The van der Waals surface area contributed by atoms with Gasteiger partial charge in [-0.3, -0.25) is 0 Å². The zero-order valence-electron chi connectivity index (χ0n) is 16.2. The van der Waals surface area contributed by atoms with Crippen LogP contribution in [-0.2, 0) is 0 Å². The molecule has 0 unspecified atom stereocenters. The first-order valence-electron chi connectivity index (χ1n) is 9.14. The van der Waals surface area contributed by atoms with Crippen LogP contribution < -0.4 is 14.2 Å². The molecule has 3 nitrogen and oxygen atoms in total. The third-order valence-corrected chi connectivity index (χ3v) is 4.98. The molecule has 4 aromatic rings. The summed E-state index contributed by atoms with van der Waals surface area (Å²) < 4.78 is 17.0. The summed E-state index contributed by atoms with van der Waals surface area (Å²) >= 11 is 0. The van der Waals surface area contributed by atoms with Crippen molar-refractivity contribution in [2.24, 2.45) is 0 Å². The van der Waals surface area contributed by atoms with Crippen LogP contribution in [0.1, 0.15) is 0 Å². The molecular weight excluding hydrogens is 348 g/mol. The highest BCUT2D eigenvalue weighted by molar-refractivity contribution is 6.04. The van der Waals surface area contributed by atoms with Gasteiger partial charge in [0.15, 0.2) is 11.5 Å². The minimum Gasteiger partial charge on any atom is -0.496 e. The number of fused-ring (bicyclic) bond motifs is 1. The first-order valence-corrected chi connectivity index (χ1v) is 9.14. The van der Waals surface area contributed by atoms with Crippen LogP contribution in [0.25, 0.3) is 33.0 Å². The van der Waals surface area contributed by atoms with Crippen molar-refractivity contribution in [2.45, 2.75) is 0 Å². The molecule has 0 fully saturated rings. The molecule has 0 aliphatic heterocycles. The van der Waals surface area contributed by atoms with E-state index in [1.54, 1.807) is 21.3 Å². The normalized spacial score (nSPS) is 10.7. The van der Waals surface area contributed by atoms with E-state index in [1.165, 1.54) is 0 Å². The smallest absolute Gasteiger partial charge is 0.168 e. The fraction of sp³-hybridized carbons (Fsp3) is 0.120. The molecule has 0 aliphatic carbocycles. The van der Waals surface area contributed by atoms with E-state index in [2.05, 4.69) is 36.4 Å². The summed E-state index contributed by atoms with van der Waals surface area (Å²) in [4.78, 5) is 0. The molecule has 0 saturated heterocycles. The van der Waals surface area contributed by atoms with E-state index in [4.69, 9.17) is 14.2 Å². The van der Waals surface area contributed by atoms with Crippen LogP contribution in [0, 0.1) is 0 Å². The van der Waals surface area contributed by atoms with Crippen LogP contribution in [0.15, 0.2) is 78.9 Å². The van der Waals surface area contributed by atoms with Gasteiger partial charge in [0.2, 0.25) is 0 Å². The van der Waals surface area contributed by atoms with Gasteiger partial charge < -0.3 is 14.2 Å². The summed E-state index contributed by atoms with van der Waals surface area (Å²) in [6, 6.07) is 26.8. The molecule has 0 aliphatic rings. The van der Waals surface area contributed by atoms with Gasteiger partial charge in [0.25, 0.3) is 0 Å². The summed E-state index contributed by atoms with van der Waals surface area (Å²) in [6.45, 7) is 0. The van der Waals surface area contributed by atoms with Crippen molar-refractivity contribution in [3.05, 3.63) is 78.9 Å². The van der Waals surface area contributed by atoms with Gasteiger partial charge in [0, 0.05) is 10.9 Å². The monoisotopic (exact) mass is 370 g/mol. The first kappa shape index (κ1) is 17.9. The van der Waals surface area contributed by atoms with Gasteiger partial charge >= 0.3 is 0 Å². The summed E-state index contributed by atoms with van der Waals surface area (Å²) in [6.07, 6.45) is 0. The van der Waals surface area contributed by atoms with Gasteiger partial charge in [-0.1, -0.05) is 60.7 Å². The molecule has 0 spiro atoms. The third kappa shape index (κ3) is 3.05. The largest absolute Gasteiger partial charge is 0.496 e. The van der Waals surface area contributed by atoms with Crippen LogP contribution in [0.3, 0.4) is 0 Å². The number of para-hydroxylation sites is 1. The van der Waals surface area contributed by atoms with Crippen LogP contribution in [-0.4, -0.2) is 21.3 Å². The Labute approximate surface area is 165 Å². The first-order chi connectivity index (χ1) is 13.8. The van der Waals surface area contributed by atoms with Gasteiger partial charge in [-0.15, -0.1) is 0 Å². The Kier molecular flexibility index (Phi) is 4.90. The van der Waals surface area contributed by atoms with Crippen molar-refractivity contribution in [3.63, 3.8) is 0 Å². The predicted molar refractivity (Wildman–Crippen MR) is 114 cm³/mol. The summed E-state index contributed by atoms with van der Waals surface area (Å²) in [5.41, 5.74) is 4.35. The SMILES string of the molecule is COc1ccccc1-c1cc(OC)c(OC)c2cc(-c3ccccc3)ccc12. The van der Waals surface area contributed by atoms with E-state index >= 15 is 0 Å². The molecule has 140 valence electrons. The quantitative estimate of drug-likeness (QED) is 0.419. The second-order valence-corrected chi connectivity index (χ2v) is 6.49. The summed E-state index contributed by atoms with van der Waals surface area (Å²) in [5.74, 6) is 2.25. The molecule has 0 saturated carbocycles. The van der Waals surface area contributed by atoms with Gasteiger partial charge in [0.1, 0.15) is 5.75 Å². The number of hydrogen-bond acceptors (Lipinski definition) is 3. The number of hydrogen-bond donors (Lipinski definition) is 0. The molecule has 0 radical (unpaired) electrons. The van der Waals surface area contributed by atoms with E-state index in [1.807, 2.05) is 42.5 Å². The number of methoxy groups -OCH3 is 3. The Morgan fingerprint density at radius 1 is 0.500 bits per heavy atom. The number of rotatable bonds is 5. The molecule has 0 heterocycles. The summed E-state index contributed by atoms with van der Waals surface area (Å²) in [7, 11) is 5.03. The third-order valence-electron chi connectivity index (χ3n) is 4.98. The predicted octanol–water partition coefficient (Wildman–Crippen LogP) is 6.20. The minimum atomic E-state index is 0.695. The molecule has 4 aromatic carbocycles. The Morgan fingerprint density at radius 2 is 1.21 bits per heavy atom. The highest BCUT2D eigenvalue weighted by atomic mass is 16.5. The topological polar surface area (TPSA) is 27.7 Å². The van der Waals surface area contributed by atoms with Crippen LogP contribution >= 0.6 is 0 Å². The second kappa shape index (κ2) is 7.65. The van der Waals surface area contributed by atoms with Gasteiger partial charge in [-0.05, 0) is 40.3 Å². The average molecular weight is 370 g/mol. The Bertz CT molecular complexity index is 1120. The molecule has 0 N–H and O–H groups in total. The minimum absolute atomic E-state index is 0.695. The maximum Gasteiger partial charge on any atom is 0.168 e. The lowest BCUT2D eigenvalue weighted by molar-refractivity contribution is 0.358. The molecule has 0 bridgehead atoms. The highest BCUT2D eigenvalue weighted by Gasteiger charge is 2.17. The zero-order valence-corrected chi connectivity index (χ0v) is 16.2. The van der Waals surface area contributed by atoms with Crippen LogP contribution in [0.4, 0.5) is 0 Å². The molecule has 0 amide bonds. The molecule has 28 heavy (non-hydrogen) atoms. The molecule has 0 aromatic heterocycles. The average Bonchev–Trinajstić information content (AvgIpc) is 2.78.